The first kappa shape index (κ1) is 19.2. The quantitative estimate of drug-likeness (QED) is 0.764. The standard InChI is InChI=1S/C20H20N2O6/c1-2-21-20(25)22-18(23)17(13-8-4-3-5-9-13)28-19(24)16-12-26-14-10-6-7-11-15(14)27-16/h3-11,16-17H,2,12H2,1H3,(H2,21,22,23,25)/t16-,17+/m1/s1. The summed E-state index contributed by atoms with van der Waals surface area (Å²) >= 11 is 0. The molecule has 8 nitrogen and oxygen atoms in total. The number of benzene rings is 2. The Morgan fingerprint density at radius 2 is 1.75 bits per heavy atom. The Morgan fingerprint density at radius 3 is 2.46 bits per heavy atom. The summed E-state index contributed by atoms with van der Waals surface area (Å²) in [6, 6.07) is 14.7. The molecule has 2 aromatic carbocycles. The molecular weight excluding hydrogens is 364 g/mol. The maximum atomic E-state index is 12.6. The molecule has 0 unspecified atom stereocenters. The second kappa shape index (κ2) is 8.90. The molecule has 0 fully saturated rings. The van der Waals surface area contributed by atoms with Crippen molar-refractivity contribution in [2.24, 2.45) is 0 Å². The van der Waals surface area contributed by atoms with Crippen molar-refractivity contribution in [2.75, 3.05) is 13.2 Å². The average Bonchev–Trinajstić information content (AvgIpc) is 2.72. The van der Waals surface area contributed by atoms with E-state index in [1.807, 2.05) is 0 Å². The fourth-order valence-electron chi connectivity index (χ4n) is 2.61. The zero-order valence-corrected chi connectivity index (χ0v) is 15.2. The van der Waals surface area contributed by atoms with Gasteiger partial charge in [-0.1, -0.05) is 42.5 Å². The molecule has 0 spiro atoms. The normalized spacial score (nSPS) is 15.8. The van der Waals surface area contributed by atoms with E-state index in [-0.39, 0.29) is 6.61 Å². The monoisotopic (exact) mass is 384 g/mol. The molecule has 28 heavy (non-hydrogen) atoms. The maximum Gasteiger partial charge on any atom is 0.352 e. The number of urea groups is 1. The van der Waals surface area contributed by atoms with E-state index >= 15 is 0 Å². The van der Waals surface area contributed by atoms with Crippen LogP contribution in [0.1, 0.15) is 18.6 Å². The number of fused-ring (bicyclic) bond motifs is 1. The second-order valence-corrected chi connectivity index (χ2v) is 5.94. The molecule has 0 saturated heterocycles. The van der Waals surface area contributed by atoms with E-state index in [0.717, 1.165) is 0 Å². The molecule has 2 atom stereocenters. The van der Waals surface area contributed by atoms with Crippen molar-refractivity contribution in [3.8, 4) is 11.5 Å². The van der Waals surface area contributed by atoms with Crippen molar-refractivity contribution in [2.45, 2.75) is 19.1 Å². The summed E-state index contributed by atoms with van der Waals surface area (Å²) in [7, 11) is 0. The predicted molar refractivity (Wildman–Crippen MR) is 98.8 cm³/mol. The van der Waals surface area contributed by atoms with Crippen LogP contribution in [0.25, 0.3) is 0 Å². The fraction of sp³-hybridized carbons (Fsp3) is 0.250. The second-order valence-electron chi connectivity index (χ2n) is 5.94. The van der Waals surface area contributed by atoms with Gasteiger partial charge in [0.2, 0.25) is 12.2 Å². The minimum Gasteiger partial charge on any atom is -0.485 e. The van der Waals surface area contributed by atoms with Gasteiger partial charge in [-0.3, -0.25) is 10.1 Å². The van der Waals surface area contributed by atoms with Crippen LogP contribution in [-0.4, -0.2) is 37.2 Å². The molecule has 0 aromatic heterocycles. The Labute approximate surface area is 161 Å². The highest BCUT2D eigenvalue weighted by molar-refractivity contribution is 5.98. The highest BCUT2D eigenvalue weighted by atomic mass is 16.6. The number of esters is 1. The van der Waals surface area contributed by atoms with Crippen LogP contribution in [0, 0.1) is 0 Å². The van der Waals surface area contributed by atoms with Crippen LogP contribution in [0.5, 0.6) is 11.5 Å². The lowest BCUT2D eigenvalue weighted by Gasteiger charge is -2.26. The molecule has 1 aliphatic heterocycles. The Balaban J connectivity index is 1.73. The lowest BCUT2D eigenvalue weighted by atomic mass is 10.1. The lowest BCUT2D eigenvalue weighted by Crippen LogP contribution is -2.44. The van der Waals surface area contributed by atoms with Gasteiger partial charge in [0.15, 0.2) is 11.5 Å². The van der Waals surface area contributed by atoms with E-state index < -0.39 is 30.1 Å². The minimum atomic E-state index is -1.31. The first-order valence-electron chi connectivity index (χ1n) is 8.81. The first-order valence-corrected chi connectivity index (χ1v) is 8.81. The molecule has 0 radical (unpaired) electrons. The summed E-state index contributed by atoms with van der Waals surface area (Å²) in [6.07, 6.45) is -2.34. The molecule has 0 aliphatic carbocycles. The summed E-state index contributed by atoms with van der Waals surface area (Å²) in [4.78, 5) is 36.8. The van der Waals surface area contributed by atoms with Crippen molar-refractivity contribution in [1.29, 1.82) is 0 Å². The van der Waals surface area contributed by atoms with Gasteiger partial charge in [-0.15, -0.1) is 0 Å². The Morgan fingerprint density at radius 1 is 1.07 bits per heavy atom. The highest BCUT2D eigenvalue weighted by Gasteiger charge is 2.34. The molecule has 1 aliphatic rings. The smallest absolute Gasteiger partial charge is 0.352 e. The third-order valence-corrected chi connectivity index (χ3v) is 3.92. The fourth-order valence-corrected chi connectivity index (χ4v) is 2.61. The summed E-state index contributed by atoms with van der Waals surface area (Å²) in [5.74, 6) is -0.587. The third-order valence-electron chi connectivity index (χ3n) is 3.92. The first-order chi connectivity index (χ1) is 13.6. The average molecular weight is 384 g/mol. The van der Waals surface area contributed by atoms with Gasteiger partial charge in [-0.2, -0.15) is 0 Å². The van der Waals surface area contributed by atoms with Gasteiger partial charge in [0.25, 0.3) is 5.91 Å². The largest absolute Gasteiger partial charge is 0.485 e. The molecule has 3 amide bonds. The van der Waals surface area contributed by atoms with E-state index in [1.54, 1.807) is 61.5 Å². The van der Waals surface area contributed by atoms with Crippen molar-refractivity contribution in [3.63, 3.8) is 0 Å². The molecule has 2 N–H and O–H groups in total. The molecule has 2 aromatic rings. The lowest BCUT2D eigenvalue weighted by molar-refractivity contribution is -0.165. The van der Waals surface area contributed by atoms with Crippen LogP contribution in [0.2, 0.25) is 0 Å². The van der Waals surface area contributed by atoms with E-state index in [9.17, 15) is 14.4 Å². The molecule has 3 rings (SSSR count). The van der Waals surface area contributed by atoms with Crippen LogP contribution < -0.4 is 20.1 Å². The summed E-state index contributed by atoms with van der Waals surface area (Å²) < 4.78 is 16.5. The number of nitrogens with one attached hydrogen (secondary N) is 2. The summed E-state index contributed by atoms with van der Waals surface area (Å²) in [5, 5.41) is 4.62. The molecular formula is C20H20N2O6. The van der Waals surface area contributed by atoms with Crippen molar-refractivity contribution in [1.82, 2.24) is 10.6 Å². The number of imide groups is 1. The number of hydrogen-bond acceptors (Lipinski definition) is 6. The van der Waals surface area contributed by atoms with Gasteiger partial charge in [-0.25, -0.2) is 9.59 Å². The Kier molecular flexibility index (Phi) is 6.11. The van der Waals surface area contributed by atoms with Crippen molar-refractivity contribution in [3.05, 3.63) is 60.2 Å². The molecule has 8 heteroatoms. The van der Waals surface area contributed by atoms with E-state index in [4.69, 9.17) is 14.2 Å². The minimum absolute atomic E-state index is 0.0463. The van der Waals surface area contributed by atoms with Crippen LogP contribution >= 0.6 is 0 Å². The maximum absolute atomic E-state index is 12.6. The molecule has 1 heterocycles. The molecule has 0 saturated carbocycles. The summed E-state index contributed by atoms with van der Waals surface area (Å²) in [6.45, 7) is 2.02. The van der Waals surface area contributed by atoms with Crippen LogP contribution in [0.15, 0.2) is 54.6 Å². The van der Waals surface area contributed by atoms with E-state index in [1.165, 1.54) is 0 Å². The van der Waals surface area contributed by atoms with E-state index in [0.29, 0.717) is 23.6 Å². The topological polar surface area (TPSA) is 103 Å². The zero-order valence-electron chi connectivity index (χ0n) is 15.2. The van der Waals surface area contributed by atoms with Crippen LogP contribution in [0.3, 0.4) is 0 Å². The summed E-state index contributed by atoms with van der Waals surface area (Å²) in [5.41, 5.74) is 0.426. The number of para-hydroxylation sites is 2. The van der Waals surface area contributed by atoms with Crippen molar-refractivity contribution >= 4 is 17.9 Å². The number of rotatable bonds is 5. The van der Waals surface area contributed by atoms with Gasteiger partial charge < -0.3 is 19.5 Å². The van der Waals surface area contributed by atoms with Crippen molar-refractivity contribution < 1.29 is 28.6 Å². The zero-order chi connectivity index (χ0) is 19.9. The number of ether oxygens (including phenoxy) is 3. The van der Waals surface area contributed by atoms with Gasteiger partial charge in [0, 0.05) is 12.1 Å². The van der Waals surface area contributed by atoms with E-state index in [2.05, 4.69) is 10.6 Å². The van der Waals surface area contributed by atoms with Gasteiger partial charge in [-0.05, 0) is 19.1 Å². The number of carbonyl (C=O) groups excluding carboxylic acids is 3. The Bertz CT molecular complexity index is 855. The number of carbonyl (C=O) groups is 3. The number of amides is 3. The van der Waals surface area contributed by atoms with Crippen LogP contribution in [0.4, 0.5) is 4.79 Å². The van der Waals surface area contributed by atoms with Gasteiger partial charge in [0.05, 0.1) is 0 Å². The van der Waals surface area contributed by atoms with Gasteiger partial charge in [0.1, 0.15) is 6.61 Å². The van der Waals surface area contributed by atoms with Crippen LogP contribution in [-0.2, 0) is 14.3 Å². The molecule has 146 valence electrons. The highest BCUT2D eigenvalue weighted by Crippen LogP contribution is 2.31. The number of hydrogen-bond donors (Lipinski definition) is 2. The SMILES string of the molecule is CCNC(=O)NC(=O)[C@@H](OC(=O)[C@H]1COc2ccccc2O1)c1ccccc1. The predicted octanol–water partition coefficient (Wildman–Crippen LogP) is 1.96. The third kappa shape index (κ3) is 4.59. The van der Waals surface area contributed by atoms with Gasteiger partial charge >= 0.3 is 12.0 Å². The molecule has 0 bridgehead atoms. The Hall–Kier alpha value is -3.55.